The molecule has 2 aliphatic heterocycles. The zero-order chi connectivity index (χ0) is 18.5. The number of ether oxygens (including phenoxy) is 1. The van der Waals surface area contributed by atoms with Gasteiger partial charge in [0.1, 0.15) is 12.4 Å². The highest BCUT2D eigenvalue weighted by Gasteiger charge is 2.27. The third-order valence-corrected chi connectivity index (χ3v) is 5.17. The summed E-state index contributed by atoms with van der Waals surface area (Å²) in [7, 11) is 1.87. The fourth-order valence-corrected chi connectivity index (χ4v) is 3.68. The summed E-state index contributed by atoms with van der Waals surface area (Å²) in [5.74, 6) is 7.59. The monoisotopic (exact) mass is 463 g/mol. The predicted molar refractivity (Wildman–Crippen MR) is 113 cm³/mol. The first kappa shape index (κ1) is 18.8. The molecule has 0 aromatic heterocycles. The molecule has 26 heavy (non-hydrogen) atoms. The molecule has 0 aliphatic carbocycles. The molecule has 0 fully saturated rings. The number of halogens is 1. The number of hydrogen-bond acceptors (Lipinski definition) is 5. The largest absolute Gasteiger partial charge is 0.465 e. The summed E-state index contributed by atoms with van der Waals surface area (Å²) < 4.78 is 5.58. The number of likely N-dealkylation sites (N-methyl/N-ethyl adjacent to an activating group) is 1. The lowest BCUT2D eigenvalue weighted by molar-refractivity contribution is -0.141. The van der Waals surface area contributed by atoms with Gasteiger partial charge in [0.25, 0.3) is 0 Å². The zero-order valence-electron chi connectivity index (χ0n) is 15.0. The topological polar surface area (TPSA) is 53.9 Å². The van der Waals surface area contributed by atoms with E-state index in [0.717, 1.165) is 35.7 Å². The SMILES string of the molecule is CCOC(=O)CN(C)c1ccc(C#CC2=CC3CC(I)CN=C3N2)cc1. The van der Waals surface area contributed by atoms with Gasteiger partial charge in [0.2, 0.25) is 0 Å². The molecule has 0 radical (unpaired) electrons. The van der Waals surface area contributed by atoms with Crippen molar-refractivity contribution in [3.05, 3.63) is 41.6 Å². The highest BCUT2D eigenvalue weighted by molar-refractivity contribution is 14.1. The number of esters is 1. The molecule has 1 aromatic carbocycles. The van der Waals surface area contributed by atoms with E-state index in [1.54, 1.807) is 0 Å². The number of anilines is 1. The maximum absolute atomic E-state index is 11.6. The first-order valence-corrected chi connectivity index (χ1v) is 9.96. The normalized spacial score (nSPS) is 20.7. The minimum Gasteiger partial charge on any atom is -0.465 e. The number of allylic oxidation sites excluding steroid dienone is 1. The van der Waals surface area contributed by atoms with Crippen LogP contribution < -0.4 is 10.2 Å². The van der Waals surface area contributed by atoms with Crippen LogP contribution in [0.4, 0.5) is 5.69 Å². The first-order chi connectivity index (χ1) is 12.5. The Bertz CT molecular complexity index is 790. The predicted octanol–water partition coefficient (Wildman–Crippen LogP) is 2.75. The van der Waals surface area contributed by atoms with E-state index < -0.39 is 0 Å². The number of benzene rings is 1. The van der Waals surface area contributed by atoms with Gasteiger partial charge in [-0.05, 0) is 49.6 Å². The molecule has 0 amide bonds. The molecule has 5 nitrogen and oxygen atoms in total. The van der Waals surface area contributed by atoms with Crippen LogP contribution >= 0.6 is 22.6 Å². The van der Waals surface area contributed by atoms with E-state index in [0.29, 0.717) is 16.4 Å². The smallest absolute Gasteiger partial charge is 0.325 e. The lowest BCUT2D eigenvalue weighted by atomic mass is 10.0. The number of nitrogens with zero attached hydrogens (tertiary/aromatic N) is 2. The van der Waals surface area contributed by atoms with Gasteiger partial charge in [0.15, 0.2) is 0 Å². The molecule has 1 N–H and O–H groups in total. The highest BCUT2D eigenvalue weighted by atomic mass is 127. The minimum atomic E-state index is -0.226. The number of alkyl halides is 1. The molecule has 2 atom stereocenters. The van der Waals surface area contributed by atoms with Gasteiger partial charge in [-0.2, -0.15) is 0 Å². The molecular weight excluding hydrogens is 441 g/mol. The van der Waals surface area contributed by atoms with Gasteiger partial charge in [-0.1, -0.05) is 28.5 Å². The van der Waals surface area contributed by atoms with Crippen LogP contribution in [0.1, 0.15) is 18.9 Å². The lowest BCUT2D eigenvalue weighted by Crippen LogP contribution is -2.29. The van der Waals surface area contributed by atoms with E-state index in [2.05, 4.69) is 50.8 Å². The number of amidine groups is 1. The Morgan fingerprint density at radius 1 is 1.38 bits per heavy atom. The summed E-state index contributed by atoms with van der Waals surface area (Å²) in [6.07, 6.45) is 3.30. The first-order valence-electron chi connectivity index (χ1n) is 8.71. The standard InChI is InChI=1S/C20H22IN3O2/c1-3-26-19(25)13-24(2)18-8-5-14(6-9-18)4-7-17-11-15-10-16(21)12-22-20(15)23-17/h5-6,8-9,11,15-16H,3,10,12-13H2,1-2H3,(H,22,23). The number of rotatable bonds is 4. The fraction of sp³-hybridized carbons (Fsp3) is 0.400. The van der Waals surface area contributed by atoms with Crippen LogP contribution in [0.25, 0.3) is 0 Å². The van der Waals surface area contributed by atoms with E-state index in [-0.39, 0.29) is 12.5 Å². The molecule has 2 heterocycles. The summed E-state index contributed by atoms with van der Waals surface area (Å²) in [6, 6.07) is 7.85. The van der Waals surface area contributed by atoms with Gasteiger partial charge in [0, 0.05) is 28.1 Å². The van der Waals surface area contributed by atoms with E-state index in [4.69, 9.17) is 4.74 Å². The van der Waals surface area contributed by atoms with Crippen molar-refractivity contribution in [3.63, 3.8) is 0 Å². The van der Waals surface area contributed by atoms with Crippen molar-refractivity contribution in [2.75, 3.05) is 31.6 Å². The van der Waals surface area contributed by atoms with E-state index >= 15 is 0 Å². The second-order valence-electron chi connectivity index (χ2n) is 6.33. The van der Waals surface area contributed by atoms with E-state index in [1.165, 1.54) is 0 Å². The van der Waals surface area contributed by atoms with Crippen molar-refractivity contribution in [2.45, 2.75) is 17.3 Å². The van der Waals surface area contributed by atoms with Crippen molar-refractivity contribution in [1.29, 1.82) is 0 Å². The molecule has 0 saturated carbocycles. The van der Waals surface area contributed by atoms with Gasteiger partial charge in [-0.3, -0.25) is 9.79 Å². The Morgan fingerprint density at radius 2 is 2.15 bits per heavy atom. The lowest BCUT2D eigenvalue weighted by Gasteiger charge is -2.19. The number of aliphatic imine (C=N–C) groups is 1. The van der Waals surface area contributed by atoms with Crippen LogP contribution in [0.3, 0.4) is 0 Å². The molecular formula is C20H22IN3O2. The molecule has 0 bridgehead atoms. The second-order valence-corrected chi connectivity index (χ2v) is 8.09. The third kappa shape index (κ3) is 4.79. The van der Waals surface area contributed by atoms with Crippen molar-refractivity contribution in [2.24, 2.45) is 10.9 Å². The van der Waals surface area contributed by atoms with Crippen molar-refractivity contribution >= 4 is 40.1 Å². The molecule has 2 unspecified atom stereocenters. The summed E-state index contributed by atoms with van der Waals surface area (Å²) in [4.78, 5) is 18.0. The molecule has 0 saturated heterocycles. The van der Waals surface area contributed by atoms with Gasteiger partial charge >= 0.3 is 5.97 Å². The number of fused-ring (bicyclic) bond motifs is 1. The number of hydrogen-bond donors (Lipinski definition) is 1. The minimum absolute atomic E-state index is 0.226. The van der Waals surface area contributed by atoms with Gasteiger partial charge < -0.3 is 15.0 Å². The Hall–Kier alpha value is -2.01. The van der Waals surface area contributed by atoms with Crippen LogP contribution in [0, 0.1) is 17.8 Å². The quantitative estimate of drug-likeness (QED) is 0.323. The number of carbonyl (C=O) groups excluding carboxylic acids is 1. The second kappa shape index (κ2) is 8.58. The fourth-order valence-electron chi connectivity index (χ4n) is 2.94. The van der Waals surface area contributed by atoms with Gasteiger partial charge in [-0.15, -0.1) is 0 Å². The van der Waals surface area contributed by atoms with Crippen LogP contribution in [0.2, 0.25) is 0 Å². The molecule has 0 spiro atoms. The van der Waals surface area contributed by atoms with Crippen molar-refractivity contribution in [3.8, 4) is 11.8 Å². The number of carbonyl (C=O) groups is 1. The van der Waals surface area contributed by atoms with Gasteiger partial charge in [0.05, 0.1) is 18.8 Å². The van der Waals surface area contributed by atoms with E-state index in [9.17, 15) is 4.79 Å². The molecule has 136 valence electrons. The zero-order valence-corrected chi connectivity index (χ0v) is 17.1. The van der Waals surface area contributed by atoms with E-state index in [1.807, 2.05) is 43.1 Å². The summed E-state index contributed by atoms with van der Waals surface area (Å²) >= 11 is 2.46. The van der Waals surface area contributed by atoms with Gasteiger partial charge in [-0.25, -0.2) is 0 Å². The average Bonchev–Trinajstić information content (AvgIpc) is 3.02. The Morgan fingerprint density at radius 3 is 2.88 bits per heavy atom. The maximum Gasteiger partial charge on any atom is 0.325 e. The Kier molecular flexibility index (Phi) is 6.20. The molecule has 2 aliphatic rings. The molecule has 1 aromatic rings. The van der Waals surface area contributed by atoms with Crippen LogP contribution in [-0.4, -0.2) is 42.5 Å². The van der Waals surface area contributed by atoms with Crippen LogP contribution in [0.15, 0.2) is 41.0 Å². The third-order valence-electron chi connectivity index (χ3n) is 4.27. The van der Waals surface area contributed by atoms with Crippen molar-refractivity contribution < 1.29 is 9.53 Å². The Balaban J connectivity index is 1.61. The van der Waals surface area contributed by atoms with Crippen molar-refractivity contribution in [1.82, 2.24) is 5.32 Å². The Labute approximate surface area is 168 Å². The summed E-state index contributed by atoms with van der Waals surface area (Å²) in [6.45, 7) is 3.32. The molecule has 6 heteroatoms. The molecule has 3 rings (SSSR count). The summed E-state index contributed by atoms with van der Waals surface area (Å²) in [5, 5.41) is 3.32. The summed E-state index contributed by atoms with van der Waals surface area (Å²) in [5.41, 5.74) is 2.82. The average molecular weight is 463 g/mol. The highest BCUT2D eigenvalue weighted by Crippen LogP contribution is 2.26. The van der Waals surface area contributed by atoms with Crippen LogP contribution in [0.5, 0.6) is 0 Å². The number of nitrogens with one attached hydrogen (secondary N) is 1. The maximum atomic E-state index is 11.6. The van der Waals surface area contributed by atoms with Crippen LogP contribution in [-0.2, 0) is 9.53 Å².